The number of methoxy groups -OCH3 is 1. The second-order valence-electron chi connectivity index (χ2n) is 5.00. The lowest BCUT2D eigenvalue weighted by atomic mass is 10.2. The lowest BCUT2D eigenvalue weighted by Gasteiger charge is -2.06. The van der Waals surface area contributed by atoms with E-state index in [0.717, 1.165) is 11.4 Å². The second-order valence-corrected chi connectivity index (χ2v) is 5.92. The van der Waals surface area contributed by atoms with Gasteiger partial charge >= 0.3 is 5.97 Å². The molecule has 0 aliphatic heterocycles. The van der Waals surface area contributed by atoms with Crippen LogP contribution in [0.3, 0.4) is 0 Å². The van der Waals surface area contributed by atoms with Crippen LogP contribution in [0.1, 0.15) is 26.4 Å². The molecule has 2 aromatic heterocycles. The van der Waals surface area contributed by atoms with Crippen LogP contribution in [0, 0.1) is 6.92 Å². The summed E-state index contributed by atoms with van der Waals surface area (Å²) in [6.07, 6.45) is 1.52. The van der Waals surface area contributed by atoms with Gasteiger partial charge in [-0.25, -0.2) is 9.48 Å². The number of anilines is 1. The minimum Gasteiger partial charge on any atom is -0.465 e. The first kappa shape index (κ1) is 15.9. The van der Waals surface area contributed by atoms with Gasteiger partial charge in [-0.2, -0.15) is 5.10 Å². The molecule has 0 radical (unpaired) electrons. The van der Waals surface area contributed by atoms with Gasteiger partial charge in [0.25, 0.3) is 5.91 Å². The number of nitrogens with one attached hydrogen (secondary N) is 1. The standard InChI is InChI=1S/C17H15N3O3S/c1-11-14(10-18-20(11)12-6-4-3-5-7-12)15(21)19-16-13(8-9-24-16)17(22)23-2/h3-10H,1-2H3,(H,19,21). The maximum Gasteiger partial charge on any atom is 0.340 e. The van der Waals surface area contributed by atoms with Crippen molar-refractivity contribution in [1.82, 2.24) is 9.78 Å². The molecule has 6 nitrogen and oxygen atoms in total. The molecule has 7 heteroatoms. The Morgan fingerprint density at radius 2 is 1.92 bits per heavy atom. The van der Waals surface area contributed by atoms with Crippen molar-refractivity contribution in [1.29, 1.82) is 0 Å². The van der Waals surface area contributed by atoms with Crippen molar-refractivity contribution >= 4 is 28.2 Å². The fourth-order valence-corrected chi connectivity index (χ4v) is 3.08. The van der Waals surface area contributed by atoms with E-state index in [0.29, 0.717) is 16.1 Å². The van der Waals surface area contributed by atoms with E-state index >= 15 is 0 Å². The predicted molar refractivity (Wildman–Crippen MR) is 91.9 cm³/mol. The van der Waals surface area contributed by atoms with E-state index in [1.165, 1.54) is 24.6 Å². The molecule has 0 atom stereocenters. The monoisotopic (exact) mass is 341 g/mol. The Labute approximate surface area is 142 Å². The van der Waals surface area contributed by atoms with Crippen molar-refractivity contribution in [2.45, 2.75) is 6.92 Å². The minimum absolute atomic E-state index is 0.317. The molecule has 3 aromatic rings. The van der Waals surface area contributed by atoms with Crippen molar-refractivity contribution in [2.24, 2.45) is 0 Å². The summed E-state index contributed by atoms with van der Waals surface area (Å²) in [5.74, 6) is -0.800. The quantitative estimate of drug-likeness (QED) is 0.739. The molecule has 0 unspecified atom stereocenters. The molecule has 0 spiro atoms. The number of amides is 1. The zero-order chi connectivity index (χ0) is 17.1. The minimum atomic E-state index is -0.483. The molecule has 2 heterocycles. The van der Waals surface area contributed by atoms with Crippen LogP contribution in [-0.2, 0) is 4.74 Å². The highest BCUT2D eigenvalue weighted by Crippen LogP contribution is 2.25. The number of rotatable bonds is 4. The van der Waals surface area contributed by atoms with Crippen molar-refractivity contribution in [3.63, 3.8) is 0 Å². The molecular weight excluding hydrogens is 326 g/mol. The normalized spacial score (nSPS) is 10.4. The number of hydrogen-bond acceptors (Lipinski definition) is 5. The summed E-state index contributed by atoms with van der Waals surface area (Å²) in [5.41, 5.74) is 2.38. The number of esters is 1. The Bertz CT molecular complexity index is 884. The summed E-state index contributed by atoms with van der Waals surface area (Å²) in [6.45, 7) is 1.82. The number of aromatic nitrogens is 2. The van der Waals surface area contributed by atoms with Crippen molar-refractivity contribution in [2.75, 3.05) is 12.4 Å². The molecule has 0 fully saturated rings. The largest absolute Gasteiger partial charge is 0.465 e. The zero-order valence-electron chi connectivity index (χ0n) is 13.1. The van der Waals surface area contributed by atoms with E-state index in [2.05, 4.69) is 10.4 Å². The average molecular weight is 341 g/mol. The van der Waals surface area contributed by atoms with E-state index in [9.17, 15) is 9.59 Å². The third-order valence-electron chi connectivity index (χ3n) is 3.55. The van der Waals surface area contributed by atoms with Gasteiger partial charge in [0.2, 0.25) is 0 Å². The Morgan fingerprint density at radius 3 is 2.62 bits per heavy atom. The van der Waals surface area contributed by atoms with Crippen molar-refractivity contribution < 1.29 is 14.3 Å². The van der Waals surface area contributed by atoms with E-state index in [4.69, 9.17) is 4.74 Å². The van der Waals surface area contributed by atoms with Crippen LogP contribution in [0.15, 0.2) is 48.0 Å². The Balaban J connectivity index is 1.86. The Kier molecular flexibility index (Phi) is 4.43. The highest BCUT2D eigenvalue weighted by Gasteiger charge is 2.19. The molecule has 3 rings (SSSR count). The summed E-state index contributed by atoms with van der Waals surface area (Å²) in [7, 11) is 1.31. The smallest absolute Gasteiger partial charge is 0.340 e. The summed E-state index contributed by atoms with van der Waals surface area (Å²) in [6, 6.07) is 11.2. The molecule has 0 saturated carbocycles. The number of thiophene rings is 1. The molecule has 24 heavy (non-hydrogen) atoms. The van der Waals surface area contributed by atoms with Crippen LogP contribution in [0.2, 0.25) is 0 Å². The van der Waals surface area contributed by atoms with Gasteiger partial charge < -0.3 is 10.1 Å². The Hall–Kier alpha value is -2.93. The summed E-state index contributed by atoms with van der Waals surface area (Å²) in [4.78, 5) is 24.2. The number of para-hydroxylation sites is 1. The van der Waals surface area contributed by atoms with Gasteiger partial charge in [-0.1, -0.05) is 18.2 Å². The molecular formula is C17H15N3O3S. The second kappa shape index (κ2) is 6.67. The number of benzene rings is 1. The third kappa shape index (κ3) is 2.93. The number of hydrogen-bond donors (Lipinski definition) is 1. The van der Waals surface area contributed by atoms with Crippen molar-refractivity contribution in [3.8, 4) is 5.69 Å². The molecule has 0 aliphatic rings. The molecule has 0 saturated heterocycles. The first-order valence-electron chi connectivity index (χ1n) is 7.19. The average Bonchev–Trinajstić information content (AvgIpc) is 3.21. The number of carbonyl (C=O) groups is 2. The predicted octanol–water partition coefficient (Wildman–Crippen LogP) is 3.28. The van der Waals surface area contributed by atoms with Crippen LogP contribution in [0.4, 0.5) is 5.00 Å². The van der Waals surface area contributed by atoms with E-state index in [1.807, 2.05) is 37.3 Å². The van der Waals surface area contributed by atoms with Crippen LogP contribution in [-0.4, -0.2) is 28.8 Å². The van der Waals surface area contributed by atoms with Gasteiger partial charge in [0, 0.05) is 0 Å². The van der Waals surface area contributed by atoms with Gasteiger partial charge in [0.05, 0.1) is 35.8 Å². The van der Waals surface area contributed by atoms with E-state index in [-0.39, 0.29) is 5.91 Å². The van der Waals surface area contributed by atoms with Crippen LogP contribution < -0.4 is 5.32 Å². The van der Waals surface area contributed by atoms with E-state index in [1.54, 1.807) is 16.1 Å². The maximum absolute atomic E-state index is 12.5. The molecule has 0 bridgehead atoms. The molecule has 1 N–H and O–H groups in total. The first-order chi connectivity index (χ1) is 11.6. The van der Waals surface area contributed by atoms with Crippen LogP contribution in [0.5, 0.6) is 0 Å². The van der Waals surface area contributed by atoms with Gasteiger partial charge in [-0.15, -0.1) is 11.3 Å². The maximum atomic E-state index is 12.5. The Morgan fingerprint density at radius 1 is 1.17 bits per heavy atom. The summed E-state index contributed by atoms with van der Waals surface area (Å²) in [5, 5.41) is 9.21. The molecule has 122 valence electrons. The van der Waals surface area contributed by atoms with Crippen LogP contribution >= 0.6 is 11.3 Å². The van der Waals surface area contributed by atoms with Crippen molar-refractivity contribution in [3.05, 3.63) is 64.8 Å². The first-order valence-corrected chi connectivity index (χ1v) is 8.07. The number of ether oxygens (including phenoxy) is 1. The zero-order valence-corrected chi connectivity index (χ0v) is 14.0. The summed E-state index contributed by atoms with van der Waals surface area (Å²) < 4.78 is 6.41. The van der Waals surface area contributed by atoms with Gasteiger partial charge in [-0.3, -0.25) is 4.79 Å². The lowest BCUT2D eigenvalue weighted by Crippen LogP contribution is -2.14. The van der Waals surface area contributed by atoms with E-state index < -0.39 is 5.97 Å². The number of carbonyl (C=O) groups excluding carboxylic acids is 2. The van der Waals surface area contributed by atoms with Gasteiger partial charge in [-0.05, 0) is 30.5 Å². The summed E-state index contributed by atoms with van der Waals surface area (Å²) >= 11 is 1.27. The topological polar surface area (TPSA) is 73.2 Å². The SMILES string of the molecule is COC(=O)c1ccsc1NC(=O)c1cnn(-c2ccccc2)c1C. The third-order valence-corrected chi connectivity index (χ3v) is 4.38. The molecule has 0 aliphatic carbocycles. The highest BCUT2D eigenvalue weighted by atomic mass is 32.1. The van der Waals surface area contributed by atoms with Gasteiger partial charge in [0.15, 0.2) is 0 Å². The van der Waals surface area contributed by atoms with Crippen LogP contribution in [0.25, 0.3) is 5.69 Å². The fourth-order valence-electron chi connectivity index (χ4n) is 2.31. The molecule has 1 aromatic carbocycles. The fraction of sp³-hybridized carbons (Fsp3) is 0.118. The highest BCUT2D eigenvalue weighted by molar-refractivity contribution is 7.14. The lowest BCUT2D eigenvalue weighted by molar-refractivity contribution is 0.0602. The number of nitrogens with zero attached hydrogens (tertiary/aromatic N) is 2. The van der Waals surface area contributed by atoms with Gasteiger partial charge in [0.1, 0.15) is 5.00 Å². The molecule has 1 amide bonds.